The molecule has 3 rings (SSSR count). The van der Waals surface area contributed by atoms with E-state index in [0.717, 1.165) is 5.65 Å². The Morgan fingerprint density at radius 3 is 2.86 bits per heavy atom. The molecule has 0 aliphatic rings. The molecule has 2 amide bonds. The summed E-state index contributed by atoms with van der Waals surface area (Å²) in [7, 11) is 1.54. The van der Waals surface area contributed by atoms with Gasteiger partial charge in [-0.2, -0.15) is 0 Å². The molecule has 0 radical (unpaired) electrons. The van der Waals surface area contributed by atoms with Crippen LogP contribution in [0.4, 0.5) is 10.6 Å². The number of rotatable bonds is 3. The molecule has 0 atom stereocenters. The number of hydrogen-bond acceptors (Lipinski definition) is 4. The molecule has 3 aromatic heterocycles. The van der Waals surface area contributed by atoms with Gasteiger partial charge in [-0.15, -0.1) is 0 Å². The Morgan fingerprint density at radius 1 is 1.14 bits per heavy atom. The minimum atomic E-state index is -0.335. The van der Waals surface area contributed by atoms with Crippen molar-refractivity contribution >= 4 is 17.5 Å². The van der Waals surface area contributed by atoms with Gasteiger partial charge >= 0.3 is 6.03 Å². The van der Waals surface area contributed by atoms with Crippen molar-refractivity contribution in [3.8, 4) is 11.5 Å². The number of fused-ring (bicyclic) bond motifs is 1. The van der Waals surface area contributed by atoms with E-state index >= 15 is 0 Å². The number of anilines is 1. The van der Waals surface area contributed by atoms with Crippen molar-refractivity contribution in [2.24, 2.45) is 0 Å². The first kappa shape index (κ1) is 12.9. The highest BCUT2D eigenvalue weighted by Gasteiger charge is 2.04. The number of aromatic nitrogens is 3. The van der Waals surface area contributed by atoms with Gasteiger partial charge < -0.3 is 14.5 Å². The highest BCUT2D eigenvalue weighted by Crippen LogP contribution is 2.23. The second kappa shape index (κ2) is 5.49. The van der Waals surface area contributed by atoms with E-state index in [1.165, 1.54) is 7.05 Å². The lowest BCUT2D eigenvalue weighted by atomic mass is 10.4. The van der Waals surface area contributed by atoms with Gasteiger partial charge in [0.05, 0.1) is 0 Å². The van der Waals surface area contributed by atoms with Crippen LogP contribution in [-0.4, -0.2) is 27.4 Å². The highest BCUT2D eigenvalue weighted by atomic mass is 16.5. The fourth-order valence-electron chi connectivity index (χ4n) is 1.81. The van der Waals surface area contributed by atoms with Crippen LogP contribution in [-0.2, 0) is 0 Å². The second-order valence-corrected chi connectivity index (χ2v) is 4.24. The molecule has 0 aliphatic carbocycles. The normalized spacial score (nSPS) is 10.3. The van der Waals surface area contributed by atoms with Crippen LogP contribution in [0, 0.1) is 0 Å². The van der Waals surface area contributed by atoms with Gasteiger partial charge in [-0.3, -0.25) is 5.32 Å². The Kier molecular flexibility index (Phi) is 3.38. The van der Waals surface area contributed by atoms with Crippen molar-refractivity contribution in [2.75, 3.05) is 12.4 Å². The molecule has 106 valence electrons. The minimum absolute atomic E-state index is 0.335. The van der Waals surface area contributed by atoms with E-state index in [-0.39, 0.29) is 6.03 Å². The summed E-state index contributed by atoms with van der Waals surface area (Å²) in [6.07, 6.45) is 7.01. The van der Waals surface area contributed by atoms with Crippen molar-refractivity contribution in [2.45, 2.75) is 0 Å². The molecule has 0 spiro atoms. The van der Waals surface area contributed by atoms with Gasteiger partial charge in [0.15, 0.2) is 0 Å². The third-order valence-corrected chi connectivity index (χ3v) is 2.81. The number of amides is 2. The monoisotopic (exact) mass is 283 g/mol. The predicted octanol–water partition coefficient (Wildman–Crippen LogP) is 2.27. The molecule has 0 saturated carbocycles. The summed E-state index contributed by atoms with van der Waals surface area (Å²) < 4.78 is 7.63. The van der Waals surface area contributed by atoms with Gasteiger partial charge in [0, 0.05) is 44.0 Å². The van der Waals surface area contributed by atoms with Crippen LogP contribution < -0.4 is 15.4 Å². The quantitative estimate of drug-likeness (QED) is 0.772. The van der Waals surface area contributed by atoms with Crippen LogP contribution in [0.1, 0.15) is 0 Å². The molecule has 7 nitrogen and oxygen atoms in total. The molecule has 0 aromatic carbocycles. The zero-order chi connectivity index (χ0) is 14.7. The second-order valence-electron chi connectivity index (χ2n) is 4.24. The van der Waals surface area contributed by atoms with Crippen LogP contribution in [0.25, 0.3) is 5.65 Å². The number of imidazole rings is 1. The van der Waals surface area contributed by atoms with Gasteiger partial charge in [-0.1, -0.05) is 0 Å². The maximum absolute atomic E-state index is 11.3. The molecule has 0 fully saturated rings. The fraction of sp³-hybridized carbons (Fsp3) is 0.0714. The van der Waals surface area contributed by atoms with E-state index in [9.17, 15) is 4.79 Å². The highest BCUT2D eigenvalue weighted by molar-refractivity contribution is 5.88. The topological polar surface area (TPSA) is 80.5 Å². The Morgan fingerprint density at radius 2 is 2.00 bits per heavy atom. The first-order chi connectivity index (χ1) is 10.2. The largest absolute Gasteiger partial charge is 0.457 e. The Bertz CT molecular complexity index is 784. The Hall–Kier alpha value is -3.09. The van der Waals surface area contributed by atoms with Crippen LogP contribution in [0.3, 0.4) is 0 Å². The van der Waals surface area contributed by atoms with Crippen molar-refractivity contribution in [3.63, 3.8) is 0 Å². The molecule has 0 aliphatic heterocycles. The SMILES string of the molecule is CNC(=O)Nc1cc(Oc2ccn3ccnc3c2)ccn1. The van der Waals surface area contributed by atoms with Crippen molar-refractivity contribution < 1.29 is 9.53 Å². The summed E-state index contributed by atoms with van der Waals surface area (Å²) in [5.41, 5.74) is 0.797. The zero-order valence-electron chi connectivity index (χ0n) is 11.3. The van der Waals surface area contributed by atoms with Gasteiger partial charge in [-0.25, -0.2) is 14.8 Å². The van der Waals surface area contributed by atoms with E-state index in [1.54, 1.807) is 24.5 Å². The number of urea groups is 1. The van der Waals surface area contributed by atoms with Crippen LogP contribution in [0.15, 0.2) is 49.1 Å². The number of nitrogens with zero attached hydrogens (tertiary/aromatic N) is 3. The molecular formula is C14H13N5O2. The minimum Gasteiger partial charge on any atom is -0.457 e. The molecule has 0 saturated heterocycles. The number of carbonyl (C=O) groups is 1. The lowest BCUT2D eigenvalue weighted by Gasteiger charge is -2.08. The predicted molar refractivity (Wildman–Crippen MR) is 77.6 cm³/mol. The van der Waals surface area contributed by atoms with Crippen LogP contribution in [0.2, 0.25) is 0 Å². The molecule has 0 unspecified atom stereocenters. The number of ether oxygens (including phenoxy) is 1. The van der Waals surface area contributed by atoms with Gasteiger partial charge in [0.25, 0.3) is 0 Å². The molecule has 7 heteroatoms. The summed E-state index contributed by atoms with van der Waals surface area (Å²) in [4.78, 5) is 19.5. The van der Waals surface area contributed by atoms with Gasteiger partial charge in [0.2, 0.25) is 0 Å². The van der Waals surface area contributed by atoms with E-state index in [2.05, 4.69) is 20.6 Å². The summed E-state index contributed by atoms with van der Waals surface area (Å²) in [6, 6.07) is 6.68. The van der Waals surface area contributed by atoms with E-state index < -0.39 is 0 Å². The van der Waals surface area contributed by atoms with Crippen LogP contribution >= 0.6 is 0 Å². The fourth-order valence-corrected chi connectivity index (χ4v) is 1.81. The third-order valence-electron chi connectivity index (χ3n) is 2.81. The zero-order valence-corrected chi connectivity index (χ0v) is 11.3. The van der Waals surface area contributed by atoms with E-state index in [1.807, 2.05) is 28.9 Å². The van der Waals surface area contributed by atoms with Crippen molar-refractivity contribution in [3.05, 3.63) is 49.1 Å². The van der Waals surface area contributed by atoms with Gasteiger partial charge in [0.1, 0.15) is 23.0 Å². The smallest absolute Gasteiger partial charge is 0.320 e. The molecule has 21 heavy (non-hydrogen) atoms. The lowest BCUT2D eigenvalue weighted by molar-refractivity contribution is 0.254. The van der Waals surface area contributed by atoms with Crippen molar-refractivity contribution in [1.82, 2.24) is 19.7 Å². The average molecular weight is 283 g/mol. The van der Waals surface area contributed by atoms with Crippen LogP contribution in [0.5, 0.6) is 11.5 Å². The summed E-state index contributed by atoms with van der Waals surface area (Å²) in [5, 5.41) is 5.04. The van der Waals surface area contributed by atoms with E-state index in [0.29, 0.717) is 17.3 Å². The van der Waals surface area contributed by atoms with Gasteiger partial charge in [-0.05, 0) is 12.1 Å². The first-order valence-electron chi connectivity index (χ1n) is 6.30. The molecule has 2 N–H and O–H groups in total. The Labute approximate surface area is 120 Å². The molecule has 3 aromatic rings. The average Bonchev–Trinajstić information content (AvgIpc) is 2.95. The molecule has 3 heterocycles. The third kappa shape index (κ3) is 2.92. The standard InChI is InChI=1S/C14H13N5O2/c1-15-14(20)18-12-8-10(2-4-16-12)21-11-3-6-19-7-5-17-13(19)9-11/h2-9H,1H3,(H2,15,16,18,20). The van der Waals surface area contributed by atoms with Crippen molar-refractivity contribution in [1.29, 1.82) is 0 Å². The summed E-state index contributed by atoms with van der Waals surface area (Å²) in [5.74, 6) is 1.65. The number of hydrogen-bond donors (Lipinski definition) is 2. The maximum Gasteiger partial charge on any atom is 0.320 e. The molecular weight excluding hydrogens is 270 g/mol. The molecule has 0 bridgehead atoms. The number of pyridine rings is 2. The number of nitrogens with one attached hydrogen (secondary N) is 2. The lowest BCUT2D eigenvalue weighted by Crippen LogP contribution is -2.24. The maximum atomic E-state index is 11.3. The Balaban J connectivity index is 1.80. The first-order valence-corrected chi connectivity index (χ1v) is 6.30. The summed E-state index contributed by atoms with van der Waals surface area (Å²) in [6.45, 7) is 0. The number of carbonyl (C=O) groups excluding carboxylic acids is 1. The summed E-state index contributed by atoms with van der Waals surface area (Å²) >= 11 is 0. The van der Waals surface area contributed by atoms with E-state index in [4.69, 9.17) is 4.74 Å².